The fourth-order valence-corrected chi connectivity index (χ4v) is 2.85. The van der Waals surface area contributed by atoms with Crippen LogP contribution in [0.4, 0.5) is 0 Å². The van der Waals surface area contributed by atoms with Crippen molar-refractivity contribution in [3.63, 3.8) is 0 Å². The summed E-state index contributed by atoms with van der Waals surface area (Å²) in [6.07, 6.45) is 2.18. The number of benzene rings is 1. The standard InChI is InChI=1S/C14H18BrClO/c1-4-5-14(17)12(15)8-11-10(3)6-9(2)7-13(11)16/h6-7,12H,4-5,8H2,1-3H3. The molecule has 0 fully saturated rings. The van der Waals surface area contributed by atoms with Crippen LogP contribution in [0.5, 0.6) is 0 Å². The number of Topliss-reactive ketones (excluding diaryl/α,β-unsaturated/α-hetero) is 1. The van der Waals surface area contributed by atoms with E-state index in [1.807, 2.05) is 26.8 Å². The largest absolute Gasteiger partial charge is 0.298 e. The van der Waals surface area contributed by atoms with Crippen molar-refractivity contribution in [1.29, 1.82) is 0 Å². The Hall–Kier alpha value is -0.340. The molecule has 1 aromatic carbocycles. The molecule has 0 amide bonds. The molecule has 0 aromatic heterocycles. The minimum atomic E-state index is -0.124. The lowest BCUT2D eigenvalue weighted by atomic mass is 9.99. The maximum atomic E-state index is 11.7. The van der Waals surface area contributed by atoms with Crippen molar-refractivity contribution in [3.05, 3.63) is 33.8 Å². The van der Waals surface area contributed by atoms with Crippen LogP contribution in [-0.4, -0.2) is 10.6 Å². The van der Waals surface area contributed by atoms with Crippen molar-refractivity contribution < 1.29 is 4.79 Å². The maximum absolute atomic E-state index is 11.7. The summed E-state index contributed by atoms with van der Waals surface area (Å²) in [6, 6.07) is 4.05. The average molecular weight is 318 g/mol. The molecule has 0 N–H and O–H groups in total. The summed E-state index contributed by atoms with van der Waals surface area (Å²) >= 11 is 9.69. The van der Waals surface area contributed by atoms with E-state index in [0.717, 1.165) is 28.1 Å². The lowest BCUT2D eigenvalue weighted by molar-refractivity contribution is -0.118. The fourth-order valence-electron chi connectivity index (χ4n) is 1.90. The average Bonchev–Trinajstić information content (AvgIpc) is 2.23. The van der Waals surface area contributed by atoms with E-state index in [2.05, 4.69) is 22.0 Å². The molecule has 0 spiro atoms. The SMILES string of the molecule is CCCC(=O)C(Br)Cc1c(C)cc(C)cc1Cl. The highest BCUT2D eigenvalue weighted by Gasteiger charge is 2.17. The third-order valence-electron chi connectivity index (χ3n) is 2.79. The molecule has 94 valence electrons. The van der Waals surface area contributed by atoms with Gasteiger partial charge in [-0.2, -0.15) is 0 Å². The highest BCUT2D eigenvalue weighted by Crippen LogP contribution is 2.25. The van der Waals surface area contributed by atoms with Crippen LogP contribution < -0.4 is 0 Å². The number of ketones is 1. The second-order valence-electron chi connectivity index (χ2n) is 4.43. The number of carbonyl (C=O) groups is 1. The van der Waals surface area contributed by atoms with E-state index in [1.54, 1.807) is 0 Å². The Labute approximate surface area is 117 Å². The van der Waals surface area contributed by atoms with Crippen molar-refractivity contribution in [3.8, 4) is 0 Å². The van der Waals surface area contributed by atoms with Crippen molar-refractivity contribution in [1.82, 2.24) is 0 Å². The number of hydrogen-bond donors (Lipinski definition) is 0. The number of hydrogen-bond acceptors (Lipinski definition) is 1. The van der Waals surface area contributed by atoms with Crippen LogP contribution in [0.15, 0.2) is 12.1 Å². The van der Waals surface area contributed by atoms with Gasteiger partial charge in [-0.25, -0.2) is 0 Å². The molecule has 1 nitrogen and oxygen atoms in total. The van der Waals surface area contributed by atoms with Gasteiger partial charge in [-0.15, -0.1) is 0 Å². The summed E-state index contributed by atoms with van der Waals surface area (Å²) in [4.78, 5) is 11.6. The molecule has 0 heterocycles. The van der Waals surface area contributed by atoms with E-state index in [-0.39, 0.29) is 10.6 Å². The molecule has 1 atom stereocenters. The van der Waals surface area contributed by atoms with Gasteiger partial charge in [0.15, 0.2) is 0 Å². The number of aryl methyl sites for hydroxylation is 2. The van der Waals surface area contributed by atoms with Crippen LogP contribution in [0.3, 0.4) is 0 Å². The number of rotatable bonds is 5. The first kappa shape index (κ1) is 14.7. The molecule has 1 unspecified atom stereocenters. The van der Waals surface area contributed by atoms with Gasteiger partial charge in [-0.1, -0.05) is 40.5 Å². The quantitative estimate of drug-likeness (QED) is 0.724. The van der Waals surface area contributed by atoms with Crippen LogP contribution >= 0.6 is 27.5 Å². The van der Waals surface area contributed by atoms with Crippen LogP contribution in [0.25, 0.3) is 0 Å². The number of carbonyl (C=O) groups excluding carboxylic acids is 1. The molecule has 0 saturated heterocycles. The zero-order chi connectivity index (χ0) is 13.0. The summed E-state index contributed by atoms with van der Waals surface area (Å²) in [5, 5.41) is 0.760. The Morgan fingerprint density at radius 2 is 2.06 bits per heavy atom. The molecule has 1 rings (SSSR count). The second-order valence-corrected chi connectivity index (χ2v) is 5.94. The lowest BCUT2D eigenvalue weighted by Crippen LogP contribution is -2.17. The zero-order valence-electron chi connectivity index (χ0n) is 10.5. The van der Waals surface area contributed by atoms with Gasteiger partial charge in [0.1, 0.15) is 5.78 Å². The molecule has 0 bridgehead atoms. The predicted octanol–water partition coefficient (Wildman–Crippen LogP) is 4.63. The molecule has 0 radical (unpaired) electrons. The van der Waals surface area contributed by atoms with Crippen molar-refractivity contribution in [2.75, 3.05) is 0 Å². The summed E-state index contributed by atoms with van der Waals surface area (Å²) in [7, 11) is 0. The molecule has 0 aliphatic rings. The molecule has 0 aliphatic carbocycles. The summed E-state index contributed by atoms with van der Waals surface area (Å²) < 4.78 is 0. The van der Waals surface area contributed by atoms with E-state index >= 15 is 0 Å². The van der Waals surface area contributed by atoms with Crippen LogP contribution in [-0.2, 0) is 11.2 Å². The van der Waals surface area contributed by atoms with Gasteiger partial charge in [0.25, 0.3) is 0 Å². The third kappa shape index (κ3) is 4.11. The normalized spacial score (nSPS) is 12.5. The van der Waals surface area contributed by atoms with Gasteiger partial charge < -0.3 is 0 Å². The summed E-state index contributed by atoms with van der Waals surface area (Å²) in [5.41, 5.74) is 3.38. The van der Waals surface area contributed by atoms with E-state index in [4.69, 9.17) is 11.6 Å². The van der Waals surface area contributed by atoms with Gasteiger partial charge >= 0.3 is 0 Å². The first-order valence-electron chi connectivity index (χ1n) is 5.88. The van der Waals surface area contributed by atoms with Crippen molar-refractivity contribution >= 4 is 33.3 Å². The Morgan fingerprint density at radius 1 is 1.41 bits per heavy atom. The van der Waals surface area contributed by atoms with Crippen LogP contribution in [0.2, 0.25) is 5.02 Å². The Morgan fingerprint density at radius 3 is 2.59 bits per heavy atom. The number of alkyl halides is 1. The Balaban J connectivity index is 2.85. The molecule has 0 aliphatic heterocycles. The zero-order valence-corrected chi connectivity index (χ0v) is 12.9. The minimum Gasteiger partial charge on any atom is -0.298 e. The van der Waals surface area contributed by atoms with Gasteiger partial charge in [-0.05, 0) is 49.4 Å². The summed E-state index contributed by atoms with van der Waals surface area (Å²) in [5.74, 6) is 0.253. The smallest absolute Gasteiger partial charge is 0.146 e. The minimum absolute atomic E-state index is 0.124. The van der Waals surface area contributed by atoms with E-state index in [1.165, 1.54) is 0 Å². The van der Waals surface area contributed by atoms with Gasteiger partial charge in [0.05, 0.1) is 4.83 Å². The number of halogens is 2. The van der Waals surface area contributed by atoms with Gasteiger partial charge in [-0.3, -0.25) is 4.79 Å². The molecule has 17 heavy (non-hydrogen) atoms. The van der Waals surface area contributed by atoms with Gasteiger partial charge in [0, 0.05) is 11.4 Å². The second kappa shape index (κ2) is 6.55. The predicted molar refractivity (Wildman–Crippen MR) is 77.3 cm³/mol. The first-order valence-corrected chi connectivity index (χ1v) is 7.17. The molecule has 0 saturated carbocycles. The van der Waals surface area contributed by atoms with E-state index < -0.39 is 0 Å². The molecule has 1 aromatic rings. The highest BCUT2D eigenvalue weighted by atomic mass is 79.9. The topological polar surface area (TPSA) is 17.1 Å². The first-order chi connectivity index (χ1) is 7.95. The monoisotopic (exact) mass is 316 g/mol. The third-order valence-corrected chi connectivity index (χ3v) is 3.96. The van der Waals surface area contributed by atoms with Crippen LogP contribution in [0.1, 0.15) is 36.5 Å². The van der Waals surface area contributed by atoms with E-state index in [0.29, 0.717) is 12.8 Å². The Kier molecular flexibility index (Phi) is 5.68. The lowest BCUT2D eigenvalue weighted by Gasteiger charge is -2.13. The highest BCUT2D eigenvalue weighted by molar-refractivity contribution is 9.10. The molecular weight excluding hydrogens is 300 g/mol. The summed E-state index contributed by atoms with van der Waals surface area (Å²) in [6.45, 7) is 6.08. The molecule has 3 heteroatoms. The van der Waals surface area contributed by atoms with Crippen LogP contribution in [0, 0.1) is 13.8 Å². The van der Waals surface area contributed by atoms with Crippen molar-refractivity contribution in [2.24, 2.45) is 0 Å². The molecular formula is C14H18BrClO. The fraction of sp³-hybridized carbons (Fsp3) is 0.500. The van der Waals surface area contributed by atoms with Crippen molar-refractivity contribution in [2.45, 2.75) is 44.9 Å². The van der Waals surface area contributed by atoms with E-state index in [9.17, 15) is 4.79 Å². The maximum Gasteiger partial charge on any atom is 0.146 e. The van der Waals surface area contributed by atoms with Gasteiger partial charge in [0.2, 0.25) is 0 Å². The Bertz CT molecular complexity index is 392.